The summed E-state index contributed by atoms with van der Waals surface area (Å²) in [5.74, 6) is 0.0562. The third-order valence-corrected chi connectivity index (χ3v) is 4.24. The van der Waals surface area contributed by atoms with Crippen LogP contribution in [-0.2, 0) is 6.54 Å². The maximum Gasteiger partial charge on any atom is 0.273 e. The average Bonchev–Trinajstić information content (AvgIpc) is 2.77. The number of nitrogens with two attached hydrogens (primary N) is 1. The smallest absolute Gasteiger partial charge is 0.273 e. The number of thiazole rings is 1. The van der Waals surface area contributed by atoms with Crippen LogP contribution in [-0.4, -0.2) is 27.9 Å². The number of nitrogens with zero attached hydrogens (tertiary/aromatic N) is 2. The van der Waals surface area contributed by atoms with Gasteiger partial charge in [0.1, 0.15) is 10.7 Å². The first-order valence-electron chi connectivity index (χ1n) is 6.10. The van der Waals surface area contributed by atoms with Gasteiger partial charge in [-0.2, -0.15) is 0 Å². The number of carbonyl (C=O) groups is 1. The molecule has 0 saturated carbocycles. The number of aromatic nitrogens is 1. The summed E-state index contributed by atoms with van der Waals surface area (Å²) in [6.07, 6.45) is 3.38. The molecule has 0 bridgehead atoms. The molecule has 1 fully saturated rings. The Hall–Kier alpha value is -0.940. The second-order valence-corrected chi connectivity index (χ2v) is 5.61. The van der Waals surface area contributed by atoms with E-state index >= 15 is 0 Å². The first-order valence-corrected chi connectivity index (χ1v) is 6.98. The zero-order valence-electron chi connectivity index (χ0n) is 10.3. The SMILES string of the molecule is C[C@@H]1CCC[C@H](C)N1C(=O)c1csc(CN)n1. The molecule has 2 atom stereocenters. The summed E-state index contributed by atoms with van der Waals surface area (Å²) in [5, 5.41) is 2.64. The van der Waals surface area contributed by atoms with Gasteiger partial charge in [-0.15, -0.1) is 11.3 Å². The standard InChI is InChI=1S/C12H19N3OS/c1-8-4-3-5-9(2)15(8)12(16)10-7-17-11(6-13)14-10/h7-9H,3-6,13H2,1-2H3/t8-,9+. The summed E-state index contributed by atoms with van der Waals surface area (Å²) < 4.78 is 0. The monoisotopic (exact) mass is 253 g/mol. The van der Waals surface area contributed by atoms with Crippen LogP contribution in [0.25, 0.3) is 0 Å². The molecule has 1 amide bonds. The van der Waals surface area contributed by atoms with Gasteiger partial charge in [-0.25, -0.2) is 4.98 Å². The predicted molar refractivity (Wildman–Crippen MR) is 68.9 cm³/mol. The normalized spacial score (nSPS) is 25.0. The molecule has 0 aliphatic carbocycles. The predicted octanol–water partition coefficient (Wildman–Crippen LogP) is 2.00. The van der Waals surface area contributed by atoms with Gasteiger partial charge in [0, 0.05) is 24.0 Å². The summed E-state index contributed by atoms with van der Waals surface area (Å²) in [6, 6.07) is 0.628. The van der Waals surface area contributed by atoms with Crippen molar-refractivity contribution in [2.24, 2.45) is 5.73 Å². The molecule has 1 aromatic rings. The van der Waals surface area contributed by atoms with Crippen LogP contribution in [0.5, 0.6) is 0 Å². The second kappa shape index (κ2) is 5.14. The van der Waals surface area contributed by atoms with Crippen LogP contribution in [0.15, 0.2) is 5.38 Å². The van der Waals surface area contributed by atoms with E-state index in [1.165, 1.54) is 17.8 Å². The van der Waals surface area contributed by atoms with Crippen molar-refractivity contribution >= 4 is 17.2 Å². The van der Waals surface area contributed by atoms with E-state index < -0.39 is 0 Å². The van der Waals surface area contributed by atoms with Gasteiger partial charge >= 0.3 is 0 Å². The molecular formula is C12H19N3OS. The Morgan fingerprint density at radius 2 is 2.18 bits per heavy atom. The van der Waals surface area contributed by atoms with Crippen molar-refractivity contribution in [1.29, 1.82) is 0 Å². The van der Waals surface area contributed by atoms with Crippen LogP contribution < -0.4 is 5.73 Å². The topological polar surface area (TPSA) is 59.2 Å². The number of rotatable bonds is 2. The minimum atomic E-state index is 0.0562. The molecule has 0 radical (unpaired) electrons. The average molecular weight is 253 g/mol. The first-order chi connectivity index (χ1) is 8.13. The lowest BCUT2D eigenvalue weighted by atomic mass is 9.97. The Balaban J connectivity index is 2.17. The van der Waals surface area contributed by atoms with E-state index in [0.29, 0.717) is 24.3 Å². The van der Waals surface area contributed by atoms with Crippen molar-refractivity contribution < 1.29 is 4.79 Å². The van der Waals surface area contributed by atoms with Crippen LogP contribution in [0.4, 0.5) is 0 Å². The summed E-state index contributed by atoms with van der Waals surface area (Å²) in [7, 11) is 0. The largest absolute Gasteiger partial charge is 0.332 e. The van der Waals surface area contributed by atoms with E-state index in [1.54, 1.807) is 0 Å². The third kappa shape index (κ3) is 2.50. The number of amides is 1. The fraction of sp³-hybridized carbons (Fsp3) is 0.667. The van der Waals surface area contributed by atoms with Crippen molar-refractivity contribution in [1.82, 2.24) is 9.88 Å². The van der Waals surface area contributed by atoms with Crippen LogP contribution in [0.3, 0.4) is 0 Å². The highest BCUT2D eigenvalue weighted by atomic mass is 32.1. The van der Waals surface area contributed by atoms with Crippen LogP contribution in [0, 0.1) is 0 Å². The molecule has 2 N–H and O–H groups in total. The minimum Gasteiger partial charge on any atom is -0.332 e. The van der Waals surface area contributed by atoms with E-state index in [4.69, 9.17) is 5.73 Å². The van der Waals surface area contributed by atoms with Crippen molar-refractivity contribution in [3.05, 3.63) is 16.1 Å². The summed E-state index contributed by atoms with van der Waals surface area (Å²) in [4.78, 5) is 18.6. The fourth-order valence-corrected chi connectivity index (χ4v) is 3.11. The molecule has 0 spiro atoms. The highest BCUT2D eigenvalue weighted by Crippen LogP contribution is 2.24. The van der Waals surface area contributed by atoms with Gasteiger partial charge in [0.2, 0.25) is 0 Å². The van der Waals surface area contributed by atoms with E-state index in [0.717, 1.165) is 17.8 Å². The van der Waals surface area contributed by atoms with Gasteiger partial charge in [-0.3, -0.25) is 4.79 Å². The Bertz CT molecular complexity index is 394. The second-order valence-electron chi connectivity index (χ2n) is 4.67. The molecule has 1 aliphatic rings. The zero-order chi connectivity index (χ0) is 12.4. The van der Waals surface area contributed by atoms with Crippen LogP contribution in [0.1, 0.15) is 48.6 Å². The van der Waals surface area contributed by atoms with Crippen LogP contribution in [0.2, 0.25) is 0 Å². The minimum absolute atomic E-state index is 0.0562. The van der Waals surface area contributed by atoms with Gasteiger partial charge in [0.05, 0.1) is 0 Å². The molecular weight excluding hydrogens is 234 g/mol. The molecule has 1 aliphatic heterocycles. The lowest BCUT2D eigenvalue weighted by molar-refractivity contribution is 0.0505. The van der Waals surface area contributed by atoms with Crippen molar-refractivity contribution in [2.75, 3.05) is 0 Å². The molecule has 4 nitrogen and oxygen atoms in total. The van der Waals surface area contributed by atoms with Gasteiger partial charge in [-0.1, -0.05) is 0 Å². The number of piperidine rings is 1. The highest BCUT2D eigenvalue weighted by molar-refractivity contribution is 7.09. The van der Waals surface area contributed by atoms with Gasteiger partial charge in [-0.05, 0) is 33.1 Å². The van der Waals surface area contributed by atoms with Gasteiger partial charge in [0.15, 0.2) is 0 Å². The molecule has 17 heavy (non-hydrogen) atoms. The van der Waals surface area contributed by atoms with Crippen molar-refractivity contribution in [3.63, 3.8) is 0 Å². The number of likely N-dealkylation sites (tertiary alicyclic amines) is 1. The van der Waals surface area contributed by atoms with E-state index in [1.807, 2.05) is 10.3 Å². The van der Waals surface area contributed by atoms with E-state index in [9.17, 15) is 4.79 Å². The lowest BCUT2D eigenvalue weighted by Gasteiger charge is -2.38. The van der Waals surface area contributed by atoms with Crippen molar-refractivity contribution in [3.8, 4) is 0 Å². The molecule has 2 rings (SSSR count). The first kappa shape index (κ1) is 12.5. The third-order valence-electron chi connectivity index (χ3n) is 3.37. The quantitative estimate of drug-likeness (QED) is 0.877. The molecule has 2 heterocycles. The number of hydrogen-bond acceptors (Lipinski definition) is 4. The number of carbonyl (C=O) groups excluding carboxylic acids is 1. The molecule has 0 unspecified atom stereocenters. The maximum absolute atomic E-state index is 12.4. The van der Waals surface area contributed by atoms with Crippen LogP contribution >= 0.6 is 11.3 Å². The Morgan fingerprint density at radius 1 is 1.53 bits per heavy atom. The van der Waals surface area contributed by atoms with Gasteiger partial charge in [0.25, 0.3) is 5.91 Å². The molecule has 0 aromatic carbocycles. The van der Waals surface area contributed by atoms with Crippen molar-refractivity contribution in [2.45, 2.75) is 51.7 Å². The summed E-state index contributed by atoms with van der Waals surface area (Å²) >= 11 is 1.46. The Kier molecular flexibility index (Phi) is 3.79. The van der Waals surface area contributed by atoms with Gasteiger partial charge < -0.3 is 10.6 Å². The highest BCUT2D eigenvalue weighted by Gasteiger charge is 2.30. The lowest BCUT2D eigenvalue weighted by Crippen LogP contribution is -2.47. The molecule has 1 saturated heterocycles. The Labute approximate surface area is 106 Å². The Morgan fingerprint density at radius 3 is 2.71 bits per heavy atom. The summed E-state index contributed by atoms with van der Waals surface area (Å²) in [6.45, 7) is 4.64. The molecule has 94 valence electrons. The summed E-state index contributed by atoms with van der Waals surface area (Å²) in [5.41, 5.74) is 6.07. The molecule has 1 aromatic heterocycles. The number of hydrogen-bond donors (Lipinski definition) is 1. The maximum atomic E-state index is 12.4. The zero-order valence-corrected chi connectivity index (χ0v) is 11.2. The van der Waals surface area contributed by atoms with E-state index in [-0.39, 0.29) is 5.91 Å². The fourth-order valence-electron chi connectivity index (χ4n) is 2.46. The molecule has 5 heteroatoms. The van der Waals surface area contributed by atoms with E-state index in [2.05, 4.69) is 18.8 Å².